The molecule has 3 atom stereocenters. The van der Waals surface area contributed by atoms with Crippen molar-refractivity contribution in [3.63, 3.8) is 0 Å². The summed E-state index contributed by atoms with van der Waals surface area (Å²) >= 11 is 0. The van der Waals surface area contributed by atoms with Crippen molar-refractivity contribution in [2.24, 2.45) is 17.6 Å². The van der Waals surface area contributed by atoms with Crippen LogP contribution in [-0.2, 0) is 28.9 Å². The summed E-state index contributed by atoms with van der Waals surface area (Å²) in [6.07, 6.45) is 1.38. The van der Waals surface area contributed by atoms with Crippen molar-refractivity contribution in [2.75, 3.05) is 7.11 Å². The highest BCUT2D eigenvalue weighted by Gasteiger charge is 2.59. The summed E-state index contributed by atoms with van der Waals surface area (Å²) in [6.45, 7) is 0. The number of carbonyl (C=O) groups is 3. The largest absolute Gasteiger partial charge is 0.511 e. The van der Waals surface area contributed by atoms with Crippen LogP contribution < -0.4 is 10.5 Å². The number of hydrogen-bond donors (Lipinski definition) is 5. The lowest BCUT2D eigenvalue weighted by Gasteiger charge is -2.45. The second kappa shape index (κ2) is 8.77. The number of aliphatic hydroxyl groups excluding tert-OH is 2. The van der Waals surface area contributed by atoms with Crippen molar-refractivity contribution < 1.29 is 39.5 Å². The van der Waals surface area contributed by atoms with Crippen LogP contribution in [0.1, 0.15) is 39.9 Å². The first-order valence-corrected chi connectivity index (χ1v) is 12.0. The Balaban J connectivity index is 1.54. The summed E-state index contributed by atoms with van der Waals surface area (Å²) in [5.41, 5.74) is 4.30. The lowest BCUT2D eigenvalue weighted by molar-refractivity contribution is -0.144. The Morgan fingerprint density at radius 2 is 1.86 bits per heavy atom. The van der Waals surface area contributed by atoms with E-state index in [1.807, 2.05) is 24.3 Å². The molecule has 0 unspecified atom stereocenters. The van der Waals surface area contributed by atoms with Gasteiger partial charge in [0.25, 0.3) is 5.91 Å². The first-order valence-electron chi connectivity index (χ1n) is 12.0. The number of phenols is 1. The van der Waals surface area contributed by atoms with E-state index in [0.717, 1.165) is 16.9 Å². The van der Waals surface area contributed by atoms with Crippen molar-refractivity contribution >= 4 is 17.5 Å². The topological polar surface area (TPSA) is 167 Å². The van der Waals surface area contributed by atoms with Crippen LogP contribution in [-0.4, -0.2) is 50.6 Å². The maximum Gasteiger partial charge on any atom is 0.255 e. The Morgan fingerprint density at radius 3 is 2.57 bits per heavy atom. The Bertz CT molecular complexity index is 1420. The van der Waals surface area contributed by atoms with E-state index in [-0.39, 0.29) is 36.1 Å². The average molecular weight is 506 g/mol. The van der Waals surface area contributed by atoms with E-state index in [1.54, 1.807) is 13.2 Å². The molecule has 9 heteroatoms. The highest BCUT2D eigenvalue weighted by atomic mass is 16.5. The van der Waals surface area contributed by atoms with Crippen molar-refractivity contribution in [1.82, 2.24) is 0 Å². The van der Waals surface area contributed by atoms with E-state index in [1.165, 1.54) is 6.07 Å². The molecule has 6 N–H and O–H groups in total. The van der Waals surface area contributed by atoms with E-state index in [9.17, 15) is 34.8 Å². The number of rotatable bonds is 5. The van der Waals surface area contributed by atoms with Crippen LogP contribution >= 0.6 is 0 Å². The number of primary amides is 1. The van der Waals surface area contributed by atoms with Gasteiger partial charge in [0.2, 0.25) is 5.78 Å². The van der Waals surface area contributed by atoms with E-state index in [0.29, 0.717) is 18.4 Å². The Morgan fingerprint density at radius 1 is 1.11 bits per heavy atom. The normalized spacial score (nSPS) is 24.9. The third-order valence-corrected chi connectivity index (χ3v) is 7.86. The highest BCUT2D eigenvalue weighted by Crippen LogP contribution is 2.51. The third-order valence-electron chi connectivity index (χ3n) is 7.86. The van der Waals surface area contributed by atoms with Crippen LogP contribution in [0.15, 0.2) is 59.1 Å². The molecular formula is C28H27NO8. The van der Waals surface area contributed by atoms with Gasteiger partial charge in [-0.25, -0.2) is 0 Å². The zero-order valence-electron chi connectivity index (χ0n) is 20.2. The van der Waals surface area contributed by atoms with Gasteiger partial charge < -0.3 is 30.9 Å². The molecule has 0 radical (unpaired) electrons. The zero-order valence-corrected chi connectivity index (χ0v) is 20.2. The molecule has 2 aromatic rings. The van der Waals surface area contributed by atoms with Crippen molar-refractivity contribution in [3.05, 3.63) is 81.3 Å². The molecule has 5 rings (SSSR count). The number of allylic oxidation sites excluding steroid dienone is 2. The molecule has 0 spiro atoms. The fourth-order valence-electron chi connectivity index (χ4n) is 6.02. The van der Waals surface area contributed by atoms with E-state index >= 15 is 0 Å². The summed E-state index contributed by atoms with van der Waals surface area (Å²) in [4.78, 5) is 38.4. The van der Waals surface area contributed by atoms with Gasteiger partial charge in [0, 0.05) is 17.9 Å². The molecule has 1 amide bonds. The van der Waals surface area contributed by atoms with Gasteiger partial charge in [-0.3, -0.25) is 14.4 Å². The van der Waals surface area contributed by atoms with Gasteiger partial charge in [-0.1, -0.05) is 18.2 Å². The number of aliphatic hydroxyl groups is 3. The van der Waals surface area contributed by atoms with Crippen molar-refractivity contribution in [1.29, 1.82) is 0 Å². The number of aryl methyl sites for hydroxylation is 2. The predicted molar refractivity (Wildman–Crippen MR) is 131 cm³/mol. The van der Waals surface area contributed by atoms with Gasteiger partial charge in [0.1, 0.15) is 28.6 Å². The molecule has 192 valence electrons. The minimum absolute atomic E-state index is 0.0276. The molecule has 3 aliphatic carbocycles. The molecule has 0 heterocycles. The smallest absolute Gasteiger partial charge is 0.255 e. The standard InChI is InChI=1S/C28H27NO8/c1-37-17-4-2-3-13(9-17)5-6-14-7-8-19(30)22-18(14)11-15-10-16-12-20(31)23(27(29)35)26(34)28(16,36)25(33)21(15)24(22)32/h2-4,7-9,15-16,30-31,33,36H,5-6,10-12H2,1H3,(H2,29,35)/t15-,16+,28+/m1/s1. The van der Waals surface area contributed by atoms with Gasteiger partial charge in [0.15, 0.2) is 11.4 Å². The quantitative estimate of drug-likeness (QED) is 0.386. The minimum Gasteiger partial charge on any atom is -0.511 e. The number of hydrogen-bond acceptors (Lipinski definition) is 8. The van der Waals surface area contributed by atoms with Gasteiger partial charge in [-0.2, -0.15) is 0 Å². The third kappa shape index (κ3) is 3.69. The first kappa shape index (κ1) is 24.6. The van der Waals surface area contributed by atoms with Gasteiger partial charge in [-0.05, 0) is 66.5 Å². The maximum absolute atomic E-state index is 13.6. The number of benzene rings is 2. The van der Waals surface area contributed by atoms with Crippen LogP contribution in [0, 0.1) is 11.8 Å². The molecule has 0 aliphatic heterocycles. The summed E-state index contributed by atoms with van der Waals surface area (Å²) in [5.74, 6) is -5.56. The fourth-order valence-corrected chi connectivity index (χ4v) is 6.02. The summed E-state index contributed by atoms with van der Waals surface area (Å²) < 4.78 is 5.29. The SMILES string of the molecule is COc1cccc(CCc2ccc(O)c3c2C[C@H]2C[C@H]4CC(O)=C(C(N)=O)C(=O)[C@@]4(O)C(O)=C2C3=O)c1. The van der Waals surface area contributed by atoms with Crippen molar-refractivity contribution in [3.8, 4) is 11.5 Å². The van der Waals surface area contributed by atoms with Crippen LogP contribution in [0.3, 0.4) is 0 Å². The number of aromatic hydroxyl groups is 1. The van der Waals surface area contributed by atoms with Crippen LogP contribution in [0.4, 0.5) is 0 Å². The molecule has 0 saturated heterocycles. The van der Waals surface area contributed by atoms with Gasteiger partial charge >= 0.3 is 0 Å². The first-order chi connectivity index (χ1) is 17.6. The number of phenolic OH excluding ortho intramolecular Hbond substituents is 1. The molecule has 0 saturated carbocycles. The van der Waals surface area contributed by atoms with E-state index < -0.39 is 52.0 Å². The lowest BCUT2D eigenvalue weighted by Crippen LogP contribution is -2.57. The second-order valence-corrected chi connectivity index (χ2v) is 9.86. The average Bonchev–Trinajstić information content (AvgIpc) is 2.85. The number of methoxy groups -OCH3 is 1. The Labute approximate surface area is 212 Å². The van der Waals surface area contributed by atoms with Gasteiger partial charge in [-0.15, -0.1) is 0 Å². The summed E-state index contributed by atoms with van der Waals surface area (Å²) in [7, 11) is 1.59. The lowest BCUT2D eigenvalue weighted by atomic mass is 9.60. The van der Waals surface area contributed by atoms with Crippen LogP contribution in [0.25, 0.3) is 0 Å². The molecule has 2 aromatic carbocycles. The zero-order chi connectivity index (χ0) is 26.6. The predicted octanol–water partition coefficient (Wildman–Crippen LogP) is 2.37. The number of amides is 1. The number of ether oxygens (including phenoxy) is 1. The number of fused-ring (bicyclic) bond motifs is 3. The van der Waals surface area contributed by atoms with Crippen LogP contribution in [0.5, 0.6) is 11.5 Å². The Kier molecular flexibility index (Phi) is 5.83. The number of carbonyl (C=O) groups excluding carboxylic acids is 3. The molecule has 0 fully saturated rings. The minimum atomic E-state index is -2.56. The molecule has 0 aromatic heterocycles. The van der Waals surface area contributed by atoms with Gasteiger partial charge in [0.05, 0.1) is 12.7 Å². The molecule has 3 aliphatic rings. The second-order valence-electron chi connectivity index (χ2n) is 9.86. The summed E-state index contributed by atoms with van der Waals surface area (Å²) in [5, 5.41) is 43.3. The monoisotopic (exact) mass is 505 g/mol. The fraction of sp³-hybridized carbons (Fsp3) is 0.321. The Hall–Kier alpha value is -4.11. The molecular weight excluding hydrogens is 478 g/mol. The number of Topliss-reactive ketones (excluding diaryl/α,β-unsaturated/α-hetero) is 2. The van der Waals surface area contributed by atoms with E-state index in [2.05, 4.69) is 0 Å². The molecule has 0 bridgehead atoms. The van der Waals surface area contributed by atoms with E-state index in [4.69, 9.17) is 10.5 Å². The molecule has 9 nitrogen and oxygen atoms in total. The maximum atomic E-state index is 13.6. The summed E-state index contributed by atoms with van der Waals surface area (Å²) in [6, 6.07) is 10.8. The molecule has 37 heavy (non-hydrogen) atoms. The number of nitrogens with two attached hydrogens (primary N) is 1. The van der Waals surface area contributed by atoms with Crippen LogP contribution in [0.2, 0.25) is 0 Å². The highest BCUT2D eigenvalue weighted by molar-refractivity contribution is 6.24. The van der Waals surface area contributed by atoms with Crippen molar-refractivity contribution in [2.45, 2.75) is 37.7 Å². The number of ketones is 2.